The monoisotopic (exact) mass is 270 g/mol. The van der Waals surface area contributed by atoms with E-state index < -0.39 is 0 Å². The summed E-state index contributed by atoms with van der Waals surface area (Å²) in [5, 5.41) is 4.21. The van der Waals surface area contributed by atoms with Crippen molar-refractivity contribution in [1.82, 2.24) is 4.98 Å². The van der Waals surface area contributed by atoms with Crippen LogP contribution in [0.5, 0.6) is 0 Å². The van der Waals surface area contributed by atoms with E-state index in [0.717, 1.165) is 11.7 Å². The zero-order valence-electron chi connectivity index (χ0n) is 11.9. The lowest BCUT2D eigenvalue weighted by Gasteiger charge is -2.11. The molecule has 0 aliphatic carbocycles. The molecule has 0 amide bonds. The molecular weight excluding hydrogens is 244 g/mol. The Morgan fingerprint density at radius 2 is 2.17 bits per heavy atom. The molecule has 4 heteroatoms. The Hall–Kier alpha value is -0.610. The molecule has 0 fully saturated rings. The summed E-state index contributed by atoms with van der Waals surface area (Å²) in [7, 11) is 0. The summed E-state index contributed by atoms with van der Waals surface area (Å²) >= 11 is 1.68. The molecule has 0 aromatic carbocycles. The molecule has 0 saturated heterocycles. The van der Waals surface area contributed by atoms with Crippen molar-refractivity contribution in [1.29, 1.82) is 0 Å². The fourth-order valence-corrected chi connectivity index (χ4v) is 2.58. The Bertz CT molecular complexity index is 314. The minimum absolute atomic E-state index is 0.353. The van der Waals surface area contributed by atoms with E-state index >= 15 is 0 Å². The molecule has 1 aromatic rings. The number of thiazole rings is 1. The SMILES string of the molecule is CCCCCCC(C)OCc1cnc(NCC)s1. The number of hydrogen-bond donors (Lipinski definition) is 1. The van der Waals surface area contributed by atoms with Gasteiger partial charge >= 0.3 is 0 Å². The third-order valence-electron chi connectivity index (χ3n) is 2.86. The Kier molecular flexibility index (Phi) is 8.01. The summed E-state index contributed by atoms with van der Waals surface area (Å²) in [6.45, 7) is 8.10. The molecule has 104 valence electrons. The highest BCUT2D eigenvalue weighted by atomic mass is 32.1. The Morgan fingerprint density at radius 1 is 1.33 bits per heavy atom. The topological polar surface area (TPSA) is 34.1 Å². The largest absolute Gasteiger partial charge is 0.373 e. The van der Waals surface area contributed by atoms with Crippen LogP contribution in [0.3, 0.4) is 0 Å². The first-order valence-corrected chi connectivity index (χ1v) is 7.88. The highest BCUT2D eigenvalue weighted by Crippen LogP contribution is 2.19. The molecule has 3 nitrogen and oxygen atoms in total. The predicted octanol–water partition coefficient (Wildman–Crippen LogP) is 4.45. The van der Waals surface area contributed by atoms with Crippen molar-refractivity contribution in [3.8, 4) is 0 Å². The fourth-order valence-electron chi connectivity index (χ4n) is 1.77. The first-order chi connectivity index (χ1) is 8.76. The van der Waals surface area contributed by atoms with Crippen LogP contribution in [-0.2, 0) is 11.3 Å². The zero-order chi connectivity index (χ0) is 13.2. The number of rotatable bonds is 10. The molecular formula is C14H26N2OS. The van der Waals surface area contributed by atoms with Crippen LogP contribution in [0.25, 0.3) is 0 Å². The van der Waals surface area contributed by atoms with Crippen LogP contribution in [0.4, 0.5) is 5.13 Å². The van der Waals surface area contributed by atoms with Crippen molar-refractivity contribution >= 4 is 16.5 Å². The van der Waals surface area contributed by atoms with Gasteiger partial charge in [0.05, 0.1) is 17.6 Å². The standard InChI is InChI=1S/C14H26N2OS/c1-4-6-7-8-9-12(3)17-11-13-10-16-14(18-13)15-5-2/h10,12H,4-9,11H2,1-3H3,(H,15,16). The molecule has 0 aliphatic heterocycles. The van der Waals surface area contributed by atoms with Crippen LogP contribution in [0.2, 0.25) is 0 Å². The molecule has 0 spiro atoms. The molecule has 1 heterocycles. The highest BCUT2D eigenvalue weighted by Gasteiger charge is 2.05. The average molecular weight is 270 g/mol. The van der Waals surface area contributed by atoms with E-state index in [4.69, 9.17) is 4.74 Å². The predicted molar refractivity (Wildman–Crippen MR) is 79.3 cm³/mol. The third-order valence-corrected chi connectivity index (χ3v) is 3.78. The van der Waals surface area contributed by atoms with Gasteiger partial charge in [-0.3, -0.25) is 0 Å². The number of anilines is 1. The summed E-state index contributed by atoms with van der Waals surface area (Å²) in [6, 6.07) is 0. The first-order valence-electron chi connectivity index (χ1n) is 7.06. The van der Waals surface area contributed by atoms with Gasteiger partial charge in [0.15, 0.2) is 5.13 Å². The van der Waals surface area contributed by atoms with E-state index in [0.29, 0.717) is 12.7 Å². The Morgan fingerprint density at radius 3 is 2.89 bits per heavy atom. The van der Waals surface area contributed by atoms with Gasteiger partial charge in [-0.25, -0.2) is 4.98 Å². The molecule has 0 radical (unpaired) electrons. The van der Waals surface area contributed by atoms with E-state index in [-0.39, 0.29) is 0 Å². The first kappa shape index (κ1) is 15.4. The van der Waals surface area contributed by atoms with Crippen molar-refractivity contribution in [2.45, 2.75) is 65.6 Å². The molecule has 1 aromatic heterocycles. The number of hydrogen-bond acceptors (Lipinski definition) is 4. The van der Waals surface area contributed by atoms with Crippen LogP contribution in [0.1, 0.15) is 57.8 Å². The van der Waals surface area contributed by atoms with Crippen molar-refractivity contribution in [3.63, 3.8) is 0 Å². The second-order valence-corrected chi connectivity index (χ2v) is 5.75. The molecule has 0 aliphatic rings. The molecule has 1 N–H and O–H groups in total. The Labute approximate surface area is 115 Å². The fraction of sp³-hybridized carbons (Fsp3) is 0.786. The maximum atomic E-state index is 5.84. The van der Waals surface area contributed by atoms with Gasteiger partial charge in [0, 0.05) is 12.7 Å². The molecule has 1 rings (SSSR count). The Balaban J connectivity index is 2.14. The maximum absolute atomic E-state index is 5.84. The summed E-state index contributed by atoms with van der Waals surface area (Å²) in [5.74, 6) is 0. The second kappa shape index (κ2) is 9.34. The molecule has 1 unspecified atom stereocenters. The van der Waals surface area contributed by atoms with Gasteiger partial charge in [-0.1, -0.05) is 43.9 Å². The number of aromatic nitrogens is 1. The van der Waals surface area contributed by atoms with Gasteiger partial charge in [0.2, 0.25) is 0 Å². The molecule has 1 atom stereocenters. The maximum Gasteiger partial charge on any atom is 0.182 e. The number of nitrogens with zero attached hydrogens (tertiary/aromatic N) is 1. The van der Waals surface area contributed by atoms with E-state index in [1.165, 1.54) is 37.0 Å². The minimum atomic E-state index is 0.353. The van der Waals surface area contributed by atoms with E-state index in [2.05, 4.69) is 31.1 Å². The smallest absolute Gasteiger partial charge is 0.182 e. The van der Waals surface area contributed by atoms with Gasteiger partial charge in [0.1, 0.15) is 0 Å². The lowest BCUT2D eigenvalue weighted by atomic mass is 10.1. The van der Waals surface area contributed by atoms with Crippen LogP contribution in [0.15, 0.2) is 6.20 Å². The summed E-state index contributed by atoms with van der Waals surface area (Å²) < 4.78 is 5.84. The lowest BCUT2D eigenvalue weighted by molar-refractivity contribution is 0.0474. The number of ether oxygens (including phenoxy) is 1. The van der Waals surface area contributed by atoms with Crippen molar-refractivity contribution < 1.29 is 4.74 Å². The molecule has 0 saturated carbocycles. The van der Waals surface area contributed by atoms with Crippen LogP contribution in [0, 0.1) is 0 Å². The second-order valence-electron chi connectivity index (χ2n) is 4.63. The normalized spacial score (nSPS) is 12.6. The van der Waals surface area contributed by atoms with Crippen LogP contribution >= 0.6 is 11.3 Å². The van der Waals surface area contributed by atoms with E-state index in [9.17, 15) is 0 Å². The third kappa shape index (κ3) is 6.36. The van der Waals surface area contributed by atoms with E-state index in [1.54, 1.807) is 11.3 Å². The van der Waals surface area contributed by atoms with Crippen molar-refractivity contribution in [2.24, 2.45) is 0 Å². The van der Waals surface area contributed by atoms with Crippen molar-refractivity contribution in [3.05, 3.63) is 11.1 Å². The van der Waals surface area contributed by atoms with Gasteiger partial charge in [-0.2, -0.15) is 0 Å². The summed E-state index contributed by atoms with van der Waals surface area (Å²) in [6.07, 6.45) is 8.67. The highest BCUT2D eigenvalue weighted by molar-refractivity contribution is 7.15. The quantitative estimate of drug-likeness (QED) is 0.638. The van der Waals surface area contributed by atoms with Gasteiger partial charge < -0.3 is 10.1 Å². The van der Waals surface area contributed by atoms with Crippen molar-refractivity contribution in [2.75, 3.05) is 11.9 Å². The minimum Gasteiger partial charge on any atom is -0.373 e. The van der Waals surface area contributed by atoms with Gasteiger partial charge in [-0.15, -0.1) is 0 Å². The lowest BCUT2D eigenvalue weighted by Crippen LogP contribution is -2.07. The molecule has 0 bridgehead atoms. The number of unbranched alkanes of at least 4 members (excludes halogenated alkanes) is 3. The van der Waals surface area contributed by atoms with Gasteiger partial charge in [0.25, 0.3) is 0 Å². The molecule has 18 heavy (non-hydrogen) atoms. The average Bonchev–Trinajstić information content (AvgIpc) is 2.80. The van der Waals surface area contributed by atoms with Crippen LogP contribution in [-0.4, -0.2) is 17.6 Å². The summed E-state index contributed by atoms with van der Waals surface area (Å²) in [4.78, 5) is 5.50. The van der Waals surface area contributed by atoms with Gasteiger partial charge in [-0.05, 0) is 20.3 Å². The van der Waals surface area contributed by atoms with E-state index in [1.807, 2.05) is 6.20 Å². The zero-order valence-corrected chi connectivity index (χ0v) is 12.7. The van der Waals surface area contributed by atoms with Crippen LogP contribution < -0.4 is 5.32 Å². The number of nitrogens with one attached hydrogen (secondary N) is 1. The summed E-state index contributed by atoms with van der Waals surface area (Å²) in [5.41, 5.74) is 0.